The van der Waals surface area contributed by atoms with E-state index in [0.717, 1.165) is 30.2 Å². The SMILES string of the molecule is Cc1ccc(N(Cc2ccnc(-c3ccc(F)c(F)c3)c2)C2CCN(C(=O)OC(C)(C)C)CC2)cc1. The maximum Gasteiger partial charge on any atom is 0.410 e. The van der Waals surface area contributed by atoms with Crippen LogP contribution >= 0.6 is 0 Å². The number of hydrogen-bond acceptors (Lipinski definition) is 4. The van der Waals surface area contributed by atoms with E-state index in [1.807, 2.05) is 32.9 Å². The number of aryl methyl sites for hydroxylation is 1. The van der Waals surface area contributed by atoms with Gasteiger partial charge in [0.15, 0.2) is 11.6 Å². The Labute approximate surface area is 211 Å². The second-order valence-electron chi connectivity index (χ2n) is 10.3. The van der Waals surface area contributed by atoms with Crippen molar-refractivity contribution in [2.75, 3.05) is 18.0 Å². The van der Waals surface area contributed by atoms with Gasteiger partial charge in [-0.3, -0.25) is 4.98 Å². The normalized spacial score (nSPS) is 14.6. The monoisotopic (exact) mass is 493 g/mol. The lowest BCUT2D eigenvalue weighted by Crippen LogP contribution is -2.48. The molecule has 36 heavy (non-hydrogen) atoms. The fourth-order valence-electron chi connectivity index (χ4n) is 4.44. The van der Waals surface area contributed by atoms with Gasteiger partial charge in [0.05, 0.1) is 5.69 Å². The average Bonchev–Trinajstić information content (AvgIpc) is 2.84. The van der Waals surface area contributed by atoms with E-state index in [4.69, 9.17) is 4.74 Å². The highest BCUT2D eigenvalue weighted by atomic mass is 19.2. The quantitative estimate of drug-likeness (QED) is 0.395. The Morgan fingerprint density at radius 3 is 2.36 bits per heavy atom. The van der Waals surface area contributed by atoms with Crippen molar-refractivity contribution < 1.29 is 18.3 Å². The van der Waals surface area contributed by atoms with Crippen LogP contribution in [0.1, 0.15) is 44.7 Å². The molecule has 0 aliphatic carbocycles. The number of anilines is 1. The van der Waals surface area contributed by atoms with E-state index in [9.17, 15) is 13.6 Å². The Balaban J connectivity index is 1.54. The summed E-state index contributed by atoms with van der Waals surface area (Å²) < 4.78 is 32.8. The minimum absolute atomic E-state index is 0.228. The lowest BCUT2D eigenvalue weighted by Gasteiger charge is -2.40. The summed E-state index contributed by atoms with van der Waals surface area (Å²) in [5.74, 6) is -1.77. The number of aromatic nitrogens is 1. The van der Waals surface area contributed by atoms with Gasteiger partial charge < -0.3 is 14.5 Å². The van der Waals surface area contributed by atoms with Crippen LogP contribution in [0.25, 0.3) is 11.3 Å². The van der Waals surface area contributed by atoms with Crippen LogP contribution in [0.15, 0.2) is 60.8 Å². The van der Waals surface area contributed by atoms with Gasteiger partial charge in [-0.25, -0.2) is 13.6 Å². The first-order chi connectivity index (χ1) is 17.1. The maximum atomic E-state index is 13.8. The van der Waals surface area contributed by atoms with Crippen molar-refractivity contribution >= 4 is 11.8 Å². The van der Waals surface area contributed by atoms with E-state index in [2.05, 4.69) is 41.1 Å². The van der Waals surface area contributed by atoms with E-state index in [1.54, 1.807) is 11.1 Å². The molecular weight excluding hydrogens is 460 g/mol. The second kappa shape index (κ2) is 10.6. The predicted octanol–water partition coefficient (Wildman–Crippen LogP) is 6.74. The third kappa shape index (κ3) is 6.39. The number of pyridine rings is 1. The average molecular weight is 494 g/mol. The summed E-state index contributed by atoms with van der Waals surface area (Å²) >= 11 is 0. The number of halogens is 2. The van der Waals surface area contributed by atoms with Crippen LogP contribution in [0.3, 0.4) is 0 Å². The number of carbonyl (C=O) groups is 1. The molecule has 0 saturated carbocycles. The molecule has 2 heterocycles. The fraction of sp³-hybridized carbons (Fsp3) is 0.379. The molecule has 0 bridgehead atoms. The van der Waals surface area contributed by atoms with Crippen molar-refractivity contribution in [2.24, 2.45) is 0 Å². The molecule has 0 atom stereocenters. The van der Waals surface area contributed by atoms with Crippen molar-refractivity contribution in [1.29, 1.82) is 0 Å². The molecule has 1 aliphatic rings. The van der Waals surface area contributed by atoms with Gasteiger partial charge in [-0.05, 0) is 88.6 Å². The minimum Gasteiger partial charge on any atom is -0.444 e. The molecule has 1 aromatic heterocycles. The molecule has 0 radical (unpaired) electrons. The molecule has 190 valence electrons. The van der Waals surface area contributed by atoms with Crippen LogP contribution in [0.2, 0.25) is 0 Å². The Kier molecular flexibility index (Phi) is 7.57. The molecular formula is C29H33F2N3O2. The molecule has 0 unspecified atom stereocenters. The van der Waals surface area contributed by atoms with E-state index < -0.39 is 17.2 Å². The lowest BCUT2D eigenvalue weighted by atomic mass is 10.0. The van der Waals surface area contributed by atoms with Gasteiger partial charge in [-0.2, -0.15) is 0 Å². The molecule has 7 heteroatoms. The number of nitrogens with zero attached hydrogens (tertiary/aromatic N) is 3. The Bertz CT molecular complexity index is 1200. The fourth-order valence-corrected chi connectivity index (χ4v) is 4.44. The van der Waals surface area contributed by atoms with Crippen LogP contribution in [0, 0.1) is 18.6 Å². The zero-order chi connectivity index (χ0) is 25.9. The van der Waals surface area contributed by atoms with Crippen LogP contribution in [-0.4, -0.2) is 40.7 Å². The number of benzene rings is 2. The summed E-state index contributed by atoms with van der Waals surface area (Å²) in [6.07, 6.45) is 3.06. The topological polar surface area (TPSA) is 45.7 Å². The zero-order valence-electron chi connectivity index (χ0n) is 21.3. The molecule has 1 fully saturated rings. The van der Waals surface area contributed by atoms with E-state index in [-0.39, 0.29) is 12.1 Å². The van der Waals surface area contributed by atoms with Gasteiger partial charge in [0.25, 0.3) is 0 Å². The van der Waals surface area contributed by atoms with Gasteiger partial charge >= 0.3 is 6.09 Å². The number of carbonyl (C=O) groups excluding carboxylic acids is 1. The van der Waals surface area contributed by atoms with Gasteiger partial charge in [-0.15, -0.1) is 0 Å². The first-order valence-corrected chi connectivity index (χ1v) is 12.3. The molecule has 2 aromatic carbocycles. The van der Waals surface area contributed by atoms with Crippen molar-refractivity contribution in [3.8, 4) is 11.3 Å². The van der Waals surface area contributed by atoms with Crippen molar-refractivity contribution in [3.63, 3.8) is 0 Å². The molecule has 1 saturated heterocycles. The lowest BCUT2D eigenvalue weighted by molar-refractivity contribution is 0.0204. The largest absolute Gasteiger partial charge is 0.444 e. The smallest absolute Gasteiger partial charge is 0.410 e. The van der Waals surface area contributed by atoms with Crippen molar-refractivity contribution in [1.82, 2.24) is 9.88 Å². The molecule has 1 amide bonds. The summed E-state index contributed by atoms with van der Waals surface area (Å²) in [6, 6.07) is 16.3. The van der Waals surface area contributed by atoms with Crippen LogP contribution in [0.4, 0.5) is 19.3 Å². The highest BCUT2D eigenvalue weighted by Gasteiger charge is 2.30. The summed E-state index contributed by atoms with van der Waals surface area (Å²) in [6.45, 7) is 9.56. The van der Waals surface area contributed by atoms with E-state index in [0.29, 0.717) is 30.9 Å². The zero-order valence-corrected chi connectivity index (χ0v) is 21.3. The number of ether oxygens (including phenoxy) is 1. The molecule has 5 nitrogen and oxygen atoms in total. The van der Waals surface area contributed by atoms with Crippen molar-refractivity contribution in [3.05, 3.63) is 83.6 Å². The highest BCUT2D eigenvalue weighted by Crippen LogP contribution is 2.28. The number of hydrogen-bond donors (Lipinski definition) is 0. The van der Waals surface area contributed by atoms with Gasteiger partial charge in [0.1, 0.15) is 5.60 Å². The maximum absolute atomic E-state index is 13.8. The Morgan fingerprint density at radius 2 is 1.72 bits per heavy atom. The van der Waals surface area contributed by atoms with Gasteiger partial charge in [-0.1, -0.05) is 17.7 Å². The summed E-state index contributed by atoms with van der Waals surface area (Å²) in [5.41, 5.74) is 3.90. The predicted molar refractivity (Wildman–Crippen MR) is 138 cm³/mol. The number of rotatable bonds is 5. The molecule has 4 rings (SSSR count). The summed E-state index contributed by atoms with van der Waals surface area (Å²) in [5, 5.41) is 0. The molecule has 0 N–H and O–H groups in total. The number of amides is 1. The standard InChI is InChI=1S/C29H33F2N3O2/c1-20-5-8-23(9-6-20)34(24-12-15-33(16-13-24)28(35)36-29(2,3)4)19-21-11-14-32-27(17-21)22-7-10-25(30)26(31)18-22/h5-11,14,17-18,24H,12-13,15-16,19H2,1-4H3. The number of likely N-dealkylation sites (tertiary alicyclic amines) is 1. The van der Waals surface area contributed by atoms with Crippen molar-refractivity contribution in [2.45, 2.75) is 58.7 Å². The van der Waals surface area contributed by atoms with Gasteiger partial charge in [0.2, 0.25) is 0 Å². The Hall–Kier alpha value is -3.48. The first-order valence-electron chi connectivity index (χ1n) is 12.3. The van der Waals surface area contributed by atoms with Crippen LogP contribution < -0.4 is 4.90 Å². The summed E-state index contributed by atoms with van der Waals surface area (Å²) in [7, 11) is 0. The van der Waals surface area contributed by atoms with Crippen LogP contribution in [0.5, 0.6) is 0 Å². The first kappa shape index (κ1) is 25.6. The third-order valence-electron chi connectivity index (χ3n) is 6.32. The van der Waals surface area contributed by atoms with E-state index >= 15 is 0 Å². The third-order valence-corrected chi connectivity index (χ3v) is 6.32. The van der Waals surface area contributed by atoms with E-state index in [1.165, 1.54) is 17.7 Å². The molecule has 0 spiro atoms. The van der Waals surface area contributed by atoms with Gasteiger partial charge in [0, 0.05) is 43.1 Å². The molecule has 1 aliphatic heterocycles. The second-order valence-corrected chi connectivity index (χ2v) is 10.3. The highest BCUT2D eigenvalue weighted by molar-refractivity contribution is 5.68. The summed E-state index contributed by atoms with van der Waals surface area (Å²) in [4.78, 5) is 21.1. The minimum atomic E-state index is -0.891. The Morgan fingerprint density at radius 1 is 1.03 bits per heavy atom. The number of piperidine rings is 1. The van der Waals surface area contributed by atoms with Crippen LogP contribution in [-0.2, 0) is 11.3 Å². The molecule has 3 aromatic rings.